The first-order valence-electron chi connectivity index (χ1n) is 10.6. The third-order valence-electron chi connectivity index (χ3n) is 6.83. The molecule has 2 atom stereocenters. The quantitative estimate of drug-likeness (QED) is 0.770. The minimum Gasteiger partial charge on any atom is -0.337 e. The Labute approximate surface area is 179 Å². The van der Waals surface area contributed by atoms with E-state index >= 15 is 0 Å². The van der Waals surface area contributed by atoms with Crippen molar-refractivity contribution < 1.29 is 14.4 Å². The van der Waals surface area contributed by atoms with Crippen LogP contribution in [0.2, 0.25) is 0 Å². The number of aryl methyl sites for hydroxylation is 2. The molecule has 4 amide bonds. The van der Waals surface area contributed by atoms with Crippen LogP contribution in [0.15, 0.2) is 35.7 Å². The van der Waals surface area contributed by atoms with E-state index < -0.39 is 11.6 Å². The van der Waals surface area contributed by atoms with Crippen molar-refractivity contribution in [2.75, 3.05) is 13.6 Å². The first-order valence-corrected chi connectivity index (χ1v) is 11.4. The number of benzene rings is 1. The average molecular weight is 424 g/mol. The molecule has 5 rings (SSSR count). The standard InChI is InChI=1S/C23H25N3O3S/c1-25(18-9-4-7-15-6-2-3-8-16(15)18)20(27)14-26-21(28)23(24-22(26)29)12-5-10-19-17(23)11-13-30-19/h2-3,6,8,11,13,18H,4-5,7,9-10,12,14H2,1H3,(H,24,29)/t18-,23+/m0/s1. The van der Waals surface area contributed by atoms with E-state index in [9.17, 15) is 14.4 Å². The summed E-state index contributed by atoms with van der Waals surface area (Å²) in [6.45, 7) is -0.221. The monoisotopic (exact) mass is 423 g/mol. The molecule has 156 valence electrons. The van der Waals surface area contributed by atoms with E-state index in [1.165, 1.54) is 11.1 Å². The van der Waals surface area contributed by atoms with Gasteiger partial charge in [-0.3, -0.25) is 14.5 Å². The molecule has 1 aromatic carbocycles. The van der Waals surface area contributed by atoms with Crippen LogP contribution in [0.4, 0.5) is 4.79 Å². The smallest absolute Gasteiger partial charge is 0.325 e. The average Bonchev–Trinajstić information content (AvgIpc) is 3.33. The number of nitrogens with one attached hydrogen (secondary N) is 1. The largest absolute Gasteiger partial charge is 0.337 e. The maximum absolute atomic E-state index is 13.4. The van der Waals surface area contributed by atoms with Crippen LogP contribution in [0, 0.1) is 0 Å². The molecule has 1 spiro atoms. The van der Waals surface area contributed by atoms with Crippen molar-refractivity contribution >= 4 is 29.2 Å². The fourth-order valence-electron chi connectivity index (χ4n) is 5.24. The van der Waals surface area contributed by atoms with E-state index in [1.54, 1.807) is 23.3 Å². The van der Waals surface area contributed by atoms with Gasteiger partial charge in [-0.05, 0) is 61.1 Å². The Morgan fingerprint density at radius 1 is 1.23 bits per heavy atom. The summed E-state index contributed by atoms with van der Waals surface area (Å²) < 4.78 is 0. The van der Waals surface area contributed by atoms with E-state index in [-0.39, 0.29) is 24.4 Å². The molecule has 30 heavy (non-hydrogen) atoms. The van der Waals surface area contributed by atoms with Crippen molar-refractivity contribution in [2.45, 2.75) is 50.1 Å². The lowest BCUT2D eigenvalue weighted by Crippen LogP contribution is -2.47. The van der Waals surface area contributed by atoms with Crippen LogP contribution >= 0.6 is 11.3 Å². The van der Waals surface area contributed by atoms with E-state index in [2.05, 4.69) is 17.4 Å². The number of carbonyl (C=O) groups excluding carboxylic acids is 3. The van der Waals surface area contributed by atoms with Crippen LogP contribution in [0.1, 0.15) is 53.3 Å². The predicted molar refractivity (Wildman–Crippen MR) is 114 cm³/mol. The first-order chi connectivity index (χ1) is 14.5. The zero-order valence-electron chi connectivity index (χ0n) is 17.0. The fourth-order valence-corrected chi connectivity index (χ4v) is 6.24. The Balaban J connectivity index is 1.36. The molecular formula is C23H25N3O3S. The van der Waals surface area contributed by atoms with Crippen LogP contribution in [0.25, 0.3) is 0 Å². The Hall–Kier alpha value is -2.67. The molecule has 7 heteroatoms. The van der Waals surface area contributed by atoms with Crippen LogP contribution in [0.5, 0.6) is 0 Å². The number of likely N-dealkylation sites (N-methyl/N-ethyl adjacent to an activating group) is 1. The Morgan fingerprint density at radius 2 is 2.07 bits per heavy atom. The van der Waals surface area contributed by atoms with Gasteiger partial charge in [0.1, 0.15) is 12.1 Å². The van der Waals surface area contributed by atoms with Gasteiger partial charge >= 0.3 is 6.03 Å². The summed E-state index contributed by atoms with van der Waals surface area (Å²) in [5.74, 6) is -0.503. The zero-order chi connectivity index (χ0) is 20.9. The highest BCUT2D eigenvalue weighted by Gasteiger charge is 2.54. The number of rotatable bonds is 3. The number of fused-ring (bicyclic) bond motifs is 3. The Morgan fingerprint density at radius 3 is 2.93 bits per heavy atom. The van der Waals surface area contributed by atoms with Gasteiger partial charge in [0.05, 0.1) is 6.04 Å². The molecule has 1 fully saturated rings. The van der Waals surface area contributed by atoms with Gasteiger partial charge in [-0.15, -0.1) is 11.3 Å². The number of hydrogen-bond acceptors (Lipinski definition) is 4. The van der Waals surface area contributed by atoms with Crippen LogP contribution in [-0.4, -0.2) is 41.2 Å². The normalized spacial score (nSPS) is 25.1. The predicted octanol–water partition coefficient (Wildman–Crippen LogP) is 3.37. The Kier molecular flexibility index (Phi) is 4.65. The second-order valence-corrected chi connectivity index (χ2v) is 9.45. The summed E-state index contributed by atoms with van der Waals surface area (Å²) >= 11 is 1.62. The van der Waals surface area contributed by atoms with Crippen molar-refractivity contribution in [2.24, 2.45) is 0 Å². The lowest BCUT2D eigenvalue weighted by molar-refractivity contribution is -0.140. The van der Waals surface area contributed by atoms with Gasteiger partial charge in [-0.2, -0.15) is 0 Å². The van der Waals surface area contributed by atoms with Crippen molar-refractivity contribution in [1.29, 1.82) is 0 Å². The van der Waals surface area contributed by atoms with Gasteiger partial charge < -0.3 is 10.2 Å². The molecular weight excluding hydrogens is 398 g/mol. The second kappa shape index (κ2) is 7.23. The molecule has 6 nitrogen and oxygen atoms in total. The number of hydrogen-bond donors (Lipinski definition) is 1. The third kappa shape index (κ3) is 2.87. The van der Waals surface area contributed by atoms with Gasteiger partial charge in [0, 0.05) is 17.5 Å². The molecule has 2 aromatic rings. The summed E-state index contributed by atoms with van der Waals surface area (Å²) in [6.07, 6.45) is 5.29. The fraction of sp³-hybridized carbons (Fsp3) is 0.435. The summed E-state index contributed by atoms with van der Waals surface area (Å²) in [5, 5.41) is 4.90. The Bertz CT molecular complexity index is 1030. The van der Waals surface area contributed by atoms with Crippen molar-refractivity contribution in [1.82, 2.24) is 15.1 Å². The van der Waals surface area contributed by atoms with E-state index in [4.69, 9.17) is 0 Å². The second-order valence-electron chi connectivity index (χ2n) is 8.45. The number of amides is 4. The highest BCUT2D eigenvalue weighted by Crippen LogP contribution is 2.42. The highest BCUT2D eigenvalue weighted by molar-refractivity contribution is 7.10. The van der Waals surface area contributed by atoms with Gasteiger partial charge in [-0.25, -0.2) is 4.79 Å². The topological polar surface area (TPSA) is 69.7 Å². The summed E-state index contributed by atoms with van der Waals surface area (Å²) in [5.41, 5.74) is 2.35. The number of thiophene rings is 1. The molecule has 0 radical (unpaired) electrons. The summed E-state index contributed by atoms with van der Waals surface area (Å²) in [6, 6.07) is 9.67. The number of urea groups is 1. The highest BCUT2D eigenvalue weighted by atomic mass is 32.1. The zero-order valence-corrected chi connectivity index (χ0v) is 17.8. The lowest BCUT2D eigenvalue weighted by Gasteiger charge is -2.34. The molecule has 2 heterocycles. The number of carbonyl (C=O) groups is 3. The molecule has 1 aromatic heterocycles. The molecule has 1 aliphatic heterocycles. The number of imide groups is 1. The molecule has 1 N–H and O–H groups in total. The van der Waals surface area contributed by atoms with Crippen LogP contribution < -0.4 is 5.32 Å². The van der Waals surface area contributed by atoms with E-state index in [0.717, 1.165) is 47.4 Å². The molecule has 2 aliphatic carbocycles. The van der Waals surface area contributed by atoms with Gasteiger partial charge in [0.25, 0.3) is 5.91 Å². The maximum atomic E-state index is 13.4. The third-order valence-corrected chi connectivity index (χ3v) is 7.81. The minimum atomic E-state index is -0.999. The van der Waals surface area contributed by atoms with E-state index in [0.29, 0.717) is 6.42 Å². The summed E-state index contributed by atoms with van der Waals surface area (Å²) in [7, 11) is 1.78. The van der Waals surface area contributed by atoms with Gasteiger partial charge in [0.15, 0.2) is 0 Å². The first kappa shape index (κ1) is 19.3. The molecule has 0 bridgehead atoms. The van der Waals surface area contributed by atoms with Gasteiger partial charge in [-0.1, -0.05) is 24.3 Å². The SMILES string of the molecule is CN(C(=O)CN1C(=O)N[C@@]2(CCCc3sccc32)C1=O)[C@H]1CCCc2ccccc21. The number of nitrogens with zero attached hydrogens (tertiary/aromatic N) is 2. The van der Waals surface area contributed by atoms with Crippen molar-refractivity contribution in [3.05, 3.63) is 57.3 Å². The van der Waals surface area contributed by atoms with Crippen LogP contribution in [-0.2, 0) is 28.0 Å². The van der Waals surface area contributed by atoms with Crippen LogP contribution in [0.3, 0.4) is 0 Å². The maximum Gasteiger partial charge on any atom is 0.325 e. The molecule has 0 unspecified atom stereocenters. The summed E-state index contributed by atoms with van der Waals surface area (Å²) in [4.78, 5) is 43.2. The van der Waals surface area contributed by atoms with Gasteiger partial charge in [0.2, 0.25) is 5.91 Å². The van der Waals surface area contributed by atoms with Crippen molar-refractivity contribution in [3.63, 3.8) is 0 Å². The molecule has 1 saturated heterocycles. The molecule has 0 saturated carbocycles. The van der Waals surface area contributed by atoms with E-state index in [1.807, 2.05) is 23.6 Å². The van der Waals surface area contributed by atoms with Crippen molar-refractivity contribution in [3.8, 4) is 0 Å². The molecule has 3 aliphatic rings. The lowest BCUT2D eigenvalue weighted by atomic mass is 9.80. The minimum absolute atomic E-state index is 0.0182.